The molecule has 1 fully saturated rings. The van der Waals surface area contributed by atoms with Crippen molar-refractivity contribution in [3.8, 4) is 0 Å². The lowest BCUT2D eigenvalue weighted by Gasteiger charge is -2.32. The third kappa shape index (κ3) is 5.50. The summed E-state index contributed by atoms with van der Waals surface area (Å²) in [6, 6.07) is 5.18. The number of aliphatic hydroxyl groups is 1. The molecule has 0 bridgehead atoms. The fourth-order valence-electron chi connectivity index (χ4n) is 2.88. The first-order chi connectivity index (χ1) is 11.0. The van der Waals surface area contributed by atoms with E-state index in [9.17, 15) is 9.50 Å². The van der Waals surface area contributed by atoms with Crippen molar-refractivity contribution in [2.24, 2.45) is 4.99 Å². The van der Waals surface area contributed by atoms with Crippen LogP contribution in [0.15, 0.2) is 23.2 Å². The fourth-order valence-corrected chi connectivity index (χ4v) is 2.88. The van der Waals surface area contributed by atoms with Crippen LogP contribution in [-0.2, 0) is 6.54 Å². The average molecular weight is 321 g/mol. The van der Waals surface area contributed by atoms with Crippen LogP contribution in [0, 0.1) is 12.7 Å². The Morgan fingerprint density at radius 1 is 1.26 bits per heavy atom. The van der Waals surface area contributed by atoms with Crippen molar-refractivity contribution in [3.63, 3.8) is 0 Å². The molecule has 0 aliphatic heterocycles. The number of aryl methyl sites for hydroxylation is 1. The summed E-state index contributed by atoms with van der Waals surface area (Å²) in [4.78, 5) is 4.49. The number of benzene rings is 1. The topological polar surface area (TPSA) is 56.7 Å². The van der Waals surface area contributed by atoms with Gasteiger partial charge in [0.05, 0.1) is 12.1 Å². The molecule has 0 amide bonds. The zero-order chi connectivity index (χ0) is 16.7. The third-order valence-electron chi connectivity index (χ3n) is 4.37. The molecule has 0 heterocycles. The van der Waals surface area contributed by atoms with Gasteiger partial charge in [-0.2, -0.15) is 0 Å². The molecule has 1 aromatic carbocycles. The van der Waals surface area contributed by atoms with Crippen molar-refractivity contribution >= 4 is 5.96 Å². The van der Waals surface area contributed by atoms with E-state index >= 15 is 0 Å². The van der Waals surface area contributed by atoms with Crippen LogP contribution in [0.25, 0.3) is 0 Å². The van der Waals surface area contributed by atoms with Gasteiger partial charge in [0, 0.05) is 13.1 Å². The van der Waals surface area contributed by atoms with Gasteiger partial charge in [-0.3, -0.25) is 0 Å². The Balaban J connectivity index is 1.94. The number of hydrogen-bond donors (Lipinski definition) is 3. The largest absolute Gasteiger partial charge is 0.388 e. The molecule has 0 unspecified atom stereocenters. The molecule has 23 heavy (non-hydrogen) atoms. The van der Waals surface area contributed by atoms with Crippen LogP contribution in [0.4, 0.5) is 4.39 Å². The first-order valence-corrected chi connectivity index (χ1v) is 8.52. The van der Waals surface area contributed by atoms with Gasteiger partial charge in [-0.15, -0.1) is 0 Å². The lowest BCUT2D eigenvalue weighted by molar-refractivity contribution is 0.00859. The van der Waals surface area contributed by atoms with Gasteiger partial charge in [0.15, 0.2) is 5.96 Å². The van der Waals surface area contributed by atoms with E-state index in [0.717, 1.165) is 37.8 Å². The van der Waals surface area contributed by atoms with Crippen LogP contribution < -0.4 is 10.6 Å². The highest BCUT2D eigenvalue weighted by atomic mass is 19.1. The highest BCUT2D eigenvalue weighted by Crippen LogP contribution is 2.27. The Hall–Kier alpha value is -1.62. The smallest absolute Gasteiger partial charge is 0.191 e. The van der Waals surface area contributed by atoms with Crippen molar-refractivity contribution in [1.82, 2.24) is 10.6 Å². The summed E-state index contributed by atoms with van der Waals surface area (Å²) in [5.41, 5.74) is 0.841. The molecule has 0 atom stereocenters. The summed E-state index contributed by atoms with van der Waals surface area (Å²) in [7, 11) is 0. The monoisotopic (exact) mass is 321 g/mol. The number of guanidine groups is 1. The summed E-state index contributed by atoms with van der Waals surface area (Å²) >= 11 is 0. The van der Waals surface area contributed by atoms with Crippen molar-refractivity contribution in [1.29, 1.82) is 0 Å². The first kappa shape index (κ1) is 17.7. The molecule has 0 aromatic heterocycles. The Morgan fingerprint density at radius 3 is 2.65 bits per heavy atom. The van der Waals surface area contributed by atoms with E-state index in [0.29, 0.717) is 24.6 Å². The zero-order valence-corrected chi connectivity index (χ0v) is 14.2. The Kier molecular flexibility index (Phi) is 6.39. The average Bonchev–Trinajstić information content (AvgIpc) is 2.54. The number of rotatable bonds is 5. The molecule has 1 saturated carbocycles. The molecule has 5 heteroatoms. The molecule has 2 rings (SSSR count). The lowest BCUT2D eigenvalue weighted by atomic mass is 9.85. The molecule has 1 aromatic rings. The van der Waals surface area contributed by atoms with Gasteiger partial charge in [0.1, 0.15) is 5.82 Å². The van der Waals surface area contributed by atoms with Crippen molar-refractivity contribution in [2.75, 3.05) is 13.1 Å². The van der Waals surface area contributed by atoms with Crippen LogP contribution in [0.2, 0.25) is 0 Å². The minimum Gasteiger partial charge on any atom is -0.388 e. The van der Waals surface area contributed by atoms with E-state index < -0.39 is 5.60 Å². The second-order valence-electron chi connectivity index (χ2n) is 6.42. The highest BCUT2D eigenvalue weighted by molar-refractivity contribution is 5.79. The number of halogens is 1. The molecule has 0 saturated heterocycles. The van der Waals surface area contributed by atoms with E-state index in [1.165, 1.54) is 12.5 Å². The van der Waals surface area contributed by atoms with Crippen molar-refractivity contribution in [2.45, 2.75) is 58.1 Å². The third-order valence-corrected chi connectivity index (χ3v) is 4.37. The maximum absolute atomic E-state index is 13.6. The Bertz CT molecular complexity index is 539. The van der Waals surface area contributed by atoms with Gasteiger partial charge >= 0.3 is 0 Å². The summed E-state index contributed by atoms with van der Waals surface area (Å²) in [5, 5.41) is 16.9. The number of hydrogen-bond acceptors (Lipinski definition) is 2. The van der Waals surface area contributed by atoms with E-state index in [4.69, 9.17) is 0 Å². The van der Waals surface area contributed by atoms with Crippen molar-refractivity contribution < 1.29 is 9.50 Å². The highest BCUT2D eigenvalue weighted by Gasteiger charge is 2.29. The van der Waals surface area contributed by atoms with E-state index in [1.54, 1.807) is 13.0 Å². The van der Waals surface area contributed by atoms with E-state index in [1.807, 2.05) is 13.0 Å². The lowest BCUT2D eigenvalue weighted by Crippen LogP contribution is -2.48. The van der Waals surface area contributed by atoms with Gasteiger partial charge < -0.3 is 15.7 Å². The molecular weight excluding hydrogens is 293 g/mol. The normalized spacial score (nSPS) is 17.8. The standard InChI is InChI=1S/C18H28FN3O/c1-3-20-17(22-13-18(23)9-5-4-6-10-18)21-12-15-8-7-14(2)16(19)11-15/h7-8,11,23H,3-6,9-10,12-13H2,1-2H3,(H2,20,21,22). The predicted molar refractivity (Wildman–Crippen MR) is 92.0 cm³/mol. The quantitative estimate of drug-likeness (QED) is 0.577. The van der Waals surface area contributed by atoms with E-state index in [2.05, 4.69) is 15.6 Å². The van der Waals surface area contributed by atoms with Gasteiger partial charge in [-0.25, -0.2) is 9.38 Å². The summed E-state index contributed by atoms with van der Waals surface area (Å²) in [6.45, 7) is 5.40. The number of nitrogens with zero attached hydrogens (tertiary/aromatic N) is 1. The maximum atomic E-state index is 13.6. The van der Waals surface area contributed by atoms with E-state index in [-0.39, 0.29) is 5.82 Å². The Labute approximate surface area is 138 Å². The van der Waals surface area contributed by atoms with Crippen LogP contribution >= 0.6 is 0 Å². The number of nitrogens with one attached hydrogen (secondary N) is 2. The maximum Gasteiger partial charge on any atom is 0.191 e. The molecule has 0 spiro atoms. The van der Waals surface area contributed by atoms with Gasteiger partial charge in [-0.1, -0.05) is 31.4 Å². The molecule has 4 nitrogen and oxygen atoms in total. The molecule has 3 N–H and O–H groups in total. The zero-order valence-electron chi connectivity index (χ0n) is 14.2. The second-order valence-corrected chi connectivity index (χ2v) is 6.42. The van der Waals surface area contributed by atoms with Gasteiger partial charge in [0.2, 0.25) is 0 Å². The fraction of sp³-hybridized carbons (Fsp3) is 0.611. The molecule has 1 aliphatic carbocycles. The molecule has 1 aliphatic rings. The summed E-state index contributed by atoms with van der Waals surface area (Å²) < 4.78 is 13.6. The minimum absolute atomic E-state index is 0.202. The van der Waals surface area contributed by atoms with Gasteiger partial charge in [0.25, 0.3) is 0 Å². The van der Waals surface area contributed by atoms with Gasteiger partial charge in [-0.05, 0) is 43.9 Å². The predicted octanol–water partition coefficient (Wildman–Crippen LogP) is 2.88. The molecule has 128 valence electrons. The van der Waals surface area contributed by atoms with Crippen molar-refractivity contribution in [3.05, 3.63) is 35.1 Å². The molecular formula is C18H28FN3O. The van der Waals surface area contributed by atoms with Crippen LogP contribution in [0.1, 0.15) is 50.2 Å². The number of aliphatic imine (C=N–C) groups is 1. The first-order valence-electron chi connectivity index (χ1n) is 8.52. The molecule has 0 radical (unpaired) electrons. The van der Waals surface area contributed by atoms with Crippen LogP contribution in [-0.4, -0.2) is 29.8 Å². The SMILES string of the molecule is CCNC(=NCc1ccc(C)c(F)c1)NCC1(O)CCCCC1. The Morgan fingerprint density at radius 2 is 2.00 bits per heavy atom. The second kappa shape index (κ2) is 8.29. The van der Waals surface area contributed by atoms with Crippen LogP contribution in [0.5, 0.6) is 0 Å². The summed E-state index contributed by atoms with van der Waals surface area (Å²) in [5.74, 6) is 0.458. The van der Waals surface area contributed by atoms with Crippen LogP contribution in [0.3, 0.4) is 0 Å². The minimum atomic E-state index is -0.635. The summed E-state index contributed by atoms with van der Waals surface area (Å²) in [6.07, 6.45) is 5.03.